The van der Waals surface area contributed by atoms with Crippen LogP contribution in [0, 0.1) is 24.2 Å². The van der Waals surface area contributed by atoms with E-state index in [-0.39, 0.29) is 36.3 Å². The summed E-state index contributed by atoms with van der Waals surface area (Å²) in [6.07, 6.45) is 3.29. The van der Waals surface area contributed by atoms with Crippen molar-refractivity contribution in [2.24, 2.45) is 5.92 Å². The molecule has 0 amide bonds. The van der Waals surface area contributed by atoms with Crippen LogP contribution in [0.1, 0.15) is 24.8 Å². The van der Waals surface area contributed by atoms with Crippen molar-refractivity contribution in [3.8, 4) is 11.8 Å². The van der Waals surface area contributed by atoms with Gasteiger partial charge in [0.15, 0.2) is 0 Å². The molecule has 5 heteroatoms. The summed E-state index contributed by atoms with van der Waals surface area (Å²) in [6, 6.07) is 9.53. The highest BCUT2D eigenvalue weighted by Crippen LogP contribution is 2.35. The van der Waals surface area contributed by atoms with Crippen LogP contribution < -0.4 is 4.74 Å². The van der Waals surface area contributed by atoms with E-state index in [0.717, 1.165) is 12.0 Å². The molecule has 5 nitrogen and oxygen atoms in total. The Labute approximate surface area is 135 Å². The highest BCUT2D eigenvalue weighted by atomic mass is 16.5. The number of ketones is 1. The minimum Gasteiger partial charge on any atom is -0.493 e. The summed E-state index contributed by atoms with van der Waals surface area (Å²) in [5.41, 5.74) is 1.07. The molecule has 3 rings (SSSR count). The summed E-state index contributed by atoms with van der Waals surface area (Å²) < 4.78 is 16.9. The Kier molecular flexibility index (Phi) is 4.63. The van der Waals surface area contributed by atoms with E-state index in [1.807, 2.05) is 37.3 Å². The van der Waals surface area contributed by atoms with E-state index in [2.05, 4.69) is 0 Å². The number of benzene rings is 1. The second kappa shape index (κ2) is 6.84. The van der Waals surface area contributed by atoms with Gasteiger partial charge in [-0.2, -0.15) is 5.26 Å². The van der Waals surface area contributed by atoms with Gasteiger partial charge in [0.1, 0.15) is 24.7 Å². The zero-order valence-corrected chi connectivity index (χ0v) is 13.0. The van der Waals surface area contributed by atoms with Gasteiger partial charge in [0, 0.05) is 6.42 Å². The van der Waals surface area contributed by atoms with Crippen molar-refractivity contribution in [2.75, 3.05) is 6.61 Å². The van der Waals surface area contributed by atoms with Crippen LogP contribution in [0.15, 0.2) is 36.3 Å². The summed E-state index contributed by atoms with van der Waals surface area (Å²) in [5.74, 6) is 0.689. The summed E-state index contributed by atoms with van der Waals surface area (Å²) in [7, 11) is 0. The highest BCUT2D eigenvalue weighted by Gasteiger charge is 2.41. The standard InChI is InChI=1S/C18H19NO4/c1-12-3-2-4-14(9-12)23-17-11-22-16-10-13(21-8-7-19)5-6-15(16)18(17)20/h2-4,9,11,13,15-16H,5-6,8,10H2,1H3. The first kappa shape index (κ1) is 15.6. The molecule has 3 unspecified atom stereocenters. The van der Waals surface area contributed by atoms with Crippen LogP contribution in [0.3, 0.4) is 0 Å². The fourth-order valence-corrected chi connectivity index (χ4v) is 3.12. The normalized spacial score (nSPS) is 26.5. The van der Waals surface area contributed by atoms with Crippen LogP contribution in [-0.4, -0.2) is 24.6 Å². The zero-order valence-electron chi connectivity index (χ0n) is 13.0. The molecule has 0 spiro atoms. The molecule has 1 aromatic carbocycles. The molecule has 120 valence electrons. The minimum atomic E-state index is -0.193. The molecular formula is C18H19NO4. The van der Waals surface area contributed by atoms with Gasteiger partial charge in [-0.25, -0.2) is 0 Å². The van der Waals surface area contributed by atoms with Crippen LogP contribution >= 0.6 is 0 Å². The van der Waals surface area contributed by atoms with Gasteiger partial charge in [0.2, 0.25) is 11.5 Å². The Balaban J connectivity index is 1.66. The molecule has 1 aliphatic carbocycles. The number of Topliss-reactive ketones (excluding diaryl/α,β-unsaturated/α-hetero) is 1. The number of fused-ring (bicyclic) bond motifs is 1. The van der Waals surface area contributed by atoms with Gasteiger partial charge in [-0.1, -0.05) is 12.1 Å². The van der Waals surface area contributed by atoms with Crippen molar-refractivity contribution in [3.05, 3.63) is 41.9 Å². The van der Waals surface area contributed by atoms with Crippen molar-refractivity contribution in [2.45, 2.75) is 38.4 Å². The first-order valence-corrected chi connectivity index (χ1v) is 7.80. The smallest absolute Gasteiger partial charge is 0.207 e. The molecule has 1 saturated carbocycles. The van der Waals surface area contributed by atoms with E-state index in [9.17, 15) is 4.79 Å². The molecule has 0 aromatic heterocycles. The second-order valence-corrected chi connectivity index (χ2v) is 5.95. The molecule has 2 aliphatic rings. The molecule has 23 heavy (non-hydrogen) atoms. The third-order valence-corrected chi connectivity index (χ3v) is 4.27. The number of aryl methyl sites for hydroxylation is 1. The molecule has 0 N–H and O–H groups in total. The number of nitrogens with zero attached hydrogens (tertiary/aromatic N) is 1. The Bertz CT molecular complexity index is 661. The lowest BCUT2D eigenvalue weighted by Crippen LogP contribution is -2.42. The van der Waals surface area contributed by atoms with E-state index in [4.69, 9.17) is 19.5 Å². The van der Waals surface area contributed by atoms with Gasteiger partial charge in [-0.15, -0.1) is 0 Å². The second-order valence-electron chi connectivity index (χ2n) is 5.95. The minimum absolute atomic E-state index is 0.0125. The quantitative estimate of drug-likeness (QED) is 0.855. The topological polar surface area (TPSA) is 68.6 Å². The fraction of sp³-hybridized carbons (Fsp3) is 0.444. The van der Waals surface area contributed by atoms with Gasteiger partial charge in [0.05, 0.1) is 18.1 Å². The maximum Gasteiger partial charge on any atom is 0.207 e. The zero-order chi connectivity index (χ0) is 16.2. The predicted molar refractivity (Wildman–Crippen MR) is 82.5 cm³/mol. The number of hydrogen-bond donors (Lipinski definition) is 0. The highest BCUT2D eigenvalue weighted by molar-refractivity contribution is 5.96. The molecule has 3 atom stereocenters. The average Bonchev–Trinajstić information content (AvgIpc) is 2.55. The fourth-order valence-electron chi connectivity index (χ4n) is 3.12. The Morgan fingerprint density at radius 1 is 1.39 bits per heavy atom. The third kappa shape index (κ3) is 3.54. The van der Waals surface area contributed by atoms with Gasteiger partial charge < -0.3 is 14.2 Å². The van der Waals surface area contributed by atoms with Gasteiger partial charge in [-0.3, -0.25) is 4.79 Å². The van der Waals surface area contributed by atoms with Crippen LogP contribution in [0.2, 0.25) is 0 Å². The number of carbonyl (C=O) groups is 1. The summed E-state index contributed by atoms with van der Waals surface area (Å²) in [5, 5.41) is 8.58. The molecule has 1 fully saturated rings. The van der Waals surface area contributed by atoms with Crippen molar-refractivity contribution in [1.82, 2.24) is 0 Å². The SMILES string of the molecule is Cc1cccc(OC2=COC3CC(OCC#N)CCC3C2=O)c1. The van der Waals surface area contributed by atoms with Gasteiger partial charge >= 0.3 is 0 Å². The first-order valence-electron chi connectivity index (χ1n) is 7.80. The molecule has 0 saturated heterocycles. The van der Waals surface area contributed by atoms with E-state index >= 15 is 0 Å². The largest absolute Gasteiger partial charge is 0.493 e. The predicted octanol–water partition coefficient (Wildman–Crippen LogP) is 2.89. The maximum atomic E-state index is 12.6. The van der Waals surface area contributed by atoms with Crippen LogP contribution in [-0.2, 0) is 14.3 Å². The third-order valence-electron chi connectivity index (χ3n) is 4.27. The summed E-state index contributed by atoms with van der Waals surface area (Å²) in [6.45, 7) is 2.05. The Morgan fingerprint density at radius 2 is 2.26 bits per heavy atom. The van der Waals surface area contributed by atoms with E-state index < -0.39 is 0 Å². The molecule has 0 radical (unpaired) electrons. The maximum absolute atomic E-state index is 12.6. The van der Waals surface area contributed by atoms with Crippen LogP contribution in [0.5, 0.6) is 5.75 Å². The number of carbonyl (C=O) groups excluding carboxylic acids is 1. The van der Waals surface area contributed by atoms with Crippen molar-refractivity contribution in [3.63, 3.8) is 0 Å². The van der Waals surface area contributed by atoms with Crippen LogP contribution in [0.25, 0.3) is 0 Å². The lowest BCUT2D eigenvalue weighted by atomic mass is 9.80. The van der Waals surface area contributed by atoms with Crippen molar-refractivity contribution in [1.29, 1.82) is 5.26 Å². The van der Waals surface area contributed by atoms with Gasteiger partial charge in [-0.05, 0) is 37.5 Å². The number of allylic oxidation sites excluding steroid dienone is 1. The van der Waals surface area contributed by atoms with Crippen molar-refractivity contribution < 1.29 is 19.0 Å². The molecule has 1 aliphatic heterocycles. The molecular weight excluding hydrogens is 294 g/mol. The molecule has 0 bridgehead atoms. The molecule has 1 aromatic rings. The number of ether oxygens (including phenoxy) is 3. The van der Waals surface area contributed by atoms with E-state index in [1.165, 1.54) is 6.26 Å². The van der Waals surface area contributed by atoms with Gasteiger partial charge in [0.25, 0.3) is 0 Å². The Hall–Kier alpha value is -2.32. The number of hydrogen-bond acceptors (Lipinski definition) is 5. The molecule has 1 heterocycles. The number of rotatable bonds is 4. The van der Waals surface area contributed by atoms with E-state index in [0.29, 0.717) is 18.6 Å². The summed E-state index contributed by atoms with van der Waals surface area (Å²) in [4.78, 5) is 12.6. The lowest BCUT2D eigenvalue weighted by Gasteiger charge is -2.36. The monoisotopic (exact) mass is 313 g/mol. The lowest BCUT2D eigenvalue weighted by molar-refractivity contribution is -0.133. The van der Waals surface area contributed by atoms with Crippen molar-refractivity contribution >= 4 is 5.78 Å². The average molecular weight is 313 g/mol. The Morgan fingerprint density at radius 3 is 3.04 bits per heavy atom. The number of nitriles is 1. The summed E-state index contributed by atoms with van der Waals surface area (Å²) >= 11 is 0. The first-order chi connectivity index (χ1) is 11.2. The van der Waals surface area contributed by atoms with Crippen LogP contribution in [0.4, 0.5) is 0 Å². The van der Waals surface area contributed by atoms with E-state index in [1.54, 1.807) is 0 Å².